The molecule has 0 atom stereocenters. The molecule has 3 heterocycles. The van der Waals surface area contributed by atoms with E-state index in [2.05, 4.69) is 20.6 Å². The Morgan fingerprint density at radius 2 is 1.39 bits per heavy atom. The van der Waals surface area contributed by atoms with Gasteiger partial charge in [-0.2, -0.15) is 0 Å². The zero-order chi connectivity index (χ0) is 40.4. The van der Waals surface area contributed by atoms with Gasteiger partial charge in [0.2, 0.25) is 19.7 Å². The second-order valence-electron chi connectivity index (χ2n) is 12.7. The molecule has 2 amide bonds. The highest BCUT2D eigenvalue weighted by molar-refractivity contribution is 7.91. The molecular weight excluding hydrogens is 781 g/mol. The van der Waals surface area contributed by atoms with Crippen LogP contribution in [0.1, 0.15) is 44.5 Å². The molecule has 0 spiro atoms. The summed E-state index contributed by atoms with van der Waals surface area (Å²) < 4.78 is 57.8. The average Bonchev–Trinajstić information content (AvgIpc) is 3.68. The first-order chi connectivity index (χ1) is 27.4. The van der Waals surface area contributed by atoms with Crippen LogP contribution in [0.3, 0.4) is 0 Å². The second kappa shape index (κ2) is 18.2. The van der Waals surface area contributed by atoms with Crippen LogP contribution in [0, 0.1) is 6.92 Å². The zero-order valence-corrected chi connectivity index (χ0v) is 33.4. The number of aryl methyl sites for hydroxylation is 1. The van der Waals surface area contributed by atoms with Crippen LogP contribution in [-0.4, -0.2) is 45.2 Å². The van der Waals surface area contributed by atoms with Crippen molar-refractivity contribution < 1.29 is 31.2 Å². The largest absolute Gasteiger partial charge is 0.494 e. The maximum Gasteiger partial charge on any atom is 0.261 e. The Balaban J connectivity index is 0.000000203. The Kier molecular flexibility index (Phi) is 12.9. The molecule has 0 fully saturated rings. The number of nitrogens with one attached hydrogen (secondary N) is 2. The smallest absolute Gasteiger partial charge is 0.261 e. The van der Waals surface area contributed by atoms with E-state index in [1.165, 1.54) is 29.7 Å². The molecule has 7 aromatic rings. The first kappa shape index (κ1) is 40.4. The van der Waals surface area contributed by atoms with Crippen LogP contribution in [0.15, 0.2) is 166 Å². The van der Waals surface area contributed by atoms with Crippen molar-refractivity contribution in [2.24, 2.45) is 0 Å². The van der Waals surface area contributed by atoms with Gasteiger partial charge in [-0.3, -0.25) is 19.6 Å². The third kappa shape index (κ3) is 9.97. The number of carbonyl (C=O) groups is 2. The number of sulfone groups is 2. The molecule has 0 aliphatic heterocycles. The van der Waals surface area contributed by atoms with E-state index in [1.54, 1.807) is 123 Å². The number of fused-ring (bicyclic) bond motifs is 1. The van der Waals surface area contributed by atoms with Gasteiger partial charge in [0.25, 0.3) is 11.8 Å². The maximum absolute atomic E-state index is 13.1. The standard InChI is InChI=1S/C25H24N2O4S2.C18H14N2O3S/c1-3-12-31-20-6-9-24(17(2)13-20)33(29,30)21-7-4-18(5-8-21)15-27-25(28)22-14-19-10-11-26-16-23(19)32-22;21-18(14-5-4-12-19-13-14)20-15-8-10-17(11-9-15)24(22,23)16-6-2-1-3-7-16/h4-11,13-14,16H,3,12,15H2,1-2H3,(H,27,28);1-13H,(H,20,21). The number of amides is 2. The highest BCUT2D eigenvalue weighted by Gasteiger charge is 2.21. The Hall–Kier alpha value is -6.22. The van der Waals surface area contributed by atoms with Crippen molar-refractivity contribution in [3.05, 3.63) is 168 Å². The lowest BCUT2D eigenvalue weighted by Crippen LogP contribution is -2.21. The number of benzene rings is 4. The van der Waals surface area contributed by atoms with Gasteiger partial charge >= 0.3 is 0 Å². The van der Waals surface area contributed by atoms with Crippen molar-refractivity contribution in [3.8, 4) is 5.75 Å². The summed E-state index contributed by atoms with van der Waals surface area (Å²) in [7, 11) is -7.22. The quantitative estimate of drug-likeness (QED) is 0.124. The lowest BCUT2D eigenvalue weighted by Gasteiger charge is -2.11. The third-order valence-electron chi connectivity index (χ3n) is 8.54. The fourth-order valence-electron chi connectivity index (χ4n) is 5.57. The lowest BCUT2D eigenvalue weighted by atomic mass is 10.2. The first-order valence-electron chi connectivity index (χ1n) is 17.8. The van der Waals surface area contributed by atoms with E-state index in [0.29, 0.717) is 40.6 Å². The number of aromatic nitrogens is 2. The van der Waals surface area contributed by atoms with E-state index in [-0.39, 0.29) is 31.4 Å². The molecule has 3 aromatic heterocycles. The minimum Gasteiger partial charge on any atom is -0.494 e. The van der Waals surface area contributed by atoms with Crippen LogP contribution in [0.4, 0.5) is 5.69 Å². The number of carbonyl (C=O) groups excluding carboxylic acids is 2. The molecule has 2 N–H and O–H groups in total. The van der Waals surface area contributed by atoms with Gasteiger partial charge in [0.1, 0.15) is 5.75 Å². The van der Waals surface area contributed by atoms with E-state index >= 15 is 0 Å². The van der Waals surface area contributed by atoms with Gasteiger partial charge in [-0.1, -0.05) is 37.3 Å². The van der Waals surface area contributed by atoms with Crippen molar-refractivity contribution in [2.45, 2.75) is 46.4 Å². The minimum absolute atomic E-state index is 0.172. The third-order valence-corrected chi connectivity index (χ3v) is 13.3. The Bertz CT molecular complexity index is 2670. The number of rotatable bonds is 12. The van der Waals surface area contributed by atoms with Crippen molar-refractivity contribution in [1.82, 2.24) is 15.3 Å². The van der Waals surface area contributed by atoms with Crippen LogP contribution < -0.4 is 15.4 Å². The summed E-state index contributed by atoms with van der Waals surface area (Å²) in [5, 5.41) is 6.57. The topological polar surface area (TPSA) is 161 Å². The maximum atomic E-state index is 13.1. The van der Waals surface area contributed by atoms with E-state index in [0.717, 1.165) is 22.1 Å². The SMILES string of the molecule is CCCOc1ccc(S(=O)(=O)c2ccc(CNC(=O)c3cc4ccncc4s3)cc2)c(C)c1.O=C(Nc1ccc(S(=O)(=O)c2ccccc2)cc1)c1cccnc1. The molecule has 11 nitrogen and oxygen atoms in total. The molecule has 0 aliphatic carbocycles. The number of hydrogen-bond acceptors (Lipinski definition) is 10. The van der Waals surface area contributed by atoms with Crippen molar-refractivity contribution in [2.75, 3.05) is 11.9 Å². The lowest BCUT2D eigenvalue weighted by molar-refractivity contribution is 0.0954. The molecule has 7 rings (SSSR count). The van der Waals surface area contributed by atoms with Gasteiger partial charge in [0.05, 0.1) is 41.3 Å². The molecule has 4 aromatic carbocycles. The van der Waals surface area contributed by atoms with Gasteiger partial charge < -0.3 is 15.4 Å². The van der Waals surface area contributed by atoms with Gasteiger partial charge in [-0.25, -0.2) is 16.8 Å². The van der Waals surface area contributed by atoms with Gasteiger partial charge in [0, 0.05) is 37.0 Å². The number of pyridine rings is 2. The number of ether oxygens (including phenoxy) is 1. The summed E-state index contributed by atoms with van der Waals surface area (Å²) in [4.78, 5) is 34.0. The zero-order valence-electron chi connectivity index (χ0n) is 31.0. The average molecular weight is 819 g/mol. The van der Waals surface area contributed by atoms with E-state index in [4.69, 9.17) is 4.74 Å². The molecule has 290 valence electrons. The summed E-state index contributed by atoms with van der Waals surface area (Å²) in [5.74, 6) is 0.185. The van der Waals surface area contributed by atoms with Gasteiger partial charge in [-0.05, 0) is 121 Å². The summed E-state index contributed by atoms with van der Waals surface area (Å²) in [6, 6.07) is 32.9. The van der Waals surface area contributed by atoms with Crippen LogP contribution in [-0.2, 0) is 26.2 Å². The fourth-order valence-corrected chi connectivity index (χ4v) is 9.27. The molecule has 57 heavy (non-hydrogen) atoms. The van der Waals surface area contributed by atoms with Crippen molar-refractivity contribution in [1.29, 1.82) is 0 Å². The van der Waals surface area contributed by atoms with Gasteiger partial charge in [0.15, 0.2) is 0 Å². The van der Waals surface area contributed by atoms with E-state index < -0.39 is 19.7 Å². The molecular formula is C43H38N4O7S3. The molecule has 14 heteroatoms. The highest BCUT2D eigenvalue weighted by atomic mass is 32.2. The summed E-state index contributed by atoms with van der Waals surface area (Å²) in [5.41, 5.74) is 2.39. The Labute approximate surface area is 335 Å². The minimum atomic E-state index is -3.66. The molecule has 0 unspecified atom stereocenters. The fraction of sp³-hybridized carbons (Fsp3) is 0.116. The van der Waals surface area contributed by atoms with Crippen LogP contribution in [0.25, 0.3) is 10.1 Å². The second-order valence-corrected chi connectivity index (χ2v) is 17.6. The van der Waals surface area contributed by atoms with Crippen LogP contribution in [0.5, 0.6) is 5.75 Å². The van der Waals surface area contributed by atoms with E-state index in [9.17, 15) is 26.4 Å². The normalized spacial score (nSPS) is 11.3. The molecule has 0 radical (unpaired) electrons. The van der Waals surface area contributed by atoms with Crippen LogP contribution >= 0.6 is 11.3 Å². The highest BCUT2D eigenvalue weighted by Crippen LogP contribution is 2.28. The summed E-state index contributed by atoms with van der Waals surface area (Å²) in [6.07, 6.45) is 7.36. The number of anilines is 1. The first-order valence-corrected chi connectivity index (χ1v) is 21.5. The number of thiophene rings is 1. The number of nitrogens with zero attached hydrogens (tertiary/aromatic N) is 2. The van der Waals surface area contributed by atoms with Crippen LogP contribution in [0.2, 0.25) is 0 Å². The van der Waals surface area contributed by atoms with Gasteiger partial charge in [-0.15, -0.1) is 11.3 Å². The predicted molar refractivity (Wildman–Crippen MR) is 220 cm³/mol. The predicted octanol–water partition coefficient (Wildman–Crippen LogP) is 8.32. The summed E-state index contributed by atoms with van der Waals surface area (Å²) in [6.45, 7) is 4.67. The molecule has 0 bridgehead atoms. The van der Waals surface area contributed by atoms with E-state index in [1.807, 2.05) is 19.1 Å². The van der Waals surface area contributed by atoms with Crippen molar-refractivity contribution in [3.63, 3.8) is 0 Å². The number of hydrogen-bond donors (Lipinski definition) is 2. The Morgan fingerprint density at radius 3 is 2.05 bits per heavy atom. The Morgan fingerprint density at radius 1 is 0.702 bits per heavy atom. The molecule has 0 saturated heterocycles. The monoisotopic (exact) mass is 818 g/mol. The molecule has 0 aliphatic rings. The summed E-state index contributed by atoms with van der Waals surface area (Å²) >= 11 is 1.39. The molecule has 0 saturated carbocycles. The van der Waals surface area contributed by atoms with Crippen molar-refractivity contribution >= 4 is 58.6 Å².